The molecule has 1 aromatic rings. The van der Waals surface area contributed by atoms with E-state index in [2.05, 4.69) is 0 Å². The van der Waals surface area contributed by atoms with Gasteiger partial charge in [0, 0.05) is 31.7 Å². The van der Waals surface area contributed by atoms with Crippen molar-refractivity contribution in [1.82, 2.24) is 9.80 Å². The first-order valence-corrected chi connectivity index (χ1v) is 6.30. The zero-order valence-corrected chi connectivity index (χ0v) is 11.0. The first-order valence-electron chi connectivity index (χ1n) is 6.30. The van der Waals surface area contributed by atoms with Crippen molar-refractivity contribution >= 4 is 5.91 Å². The Bertz CT molecular complexity index is 524. The van der Waals surface area contributed by atoms with Gasteiger partial charge >= 0.3 is 6.18 Å². The van der Waals surface area contributed by atoms with E-state index in [1.165, 1.54) is 9.80 Å². The first-order chi connectivity index (χ1) is 9.76. The van der Waals surface area contributed by atoms with Gasteiger partial charge in [0.1, 0.15) is 0 Å². The molecule has 0 saturated carbocycles. The lowest BCUT2D eigenvalue weighted by atomic mass is 10.1. The third-order valence-corrected chi connectivity index (χ3v) is 3.23. The SMILES string of the molecule is O=C(c1ccc(F)c(F)c1)N1CCN(CC(F)(F)F)CC1. The molecule has 1 aromatic carbocycles. The fourth-order valence-corrected chi connectivity index (χ4v) is 2.17. The summed E-state index contributed by atoms with van der Waals surface area (Å²) in [6.07, 6.45) is -4.27. The van der Waals surface area contributed by atoms with Crippen LogP contribution in [0, 0.1) is 11.6 Å². The zero-order valence-electron chi connectivity index (χ0n) is 11.0. The van der Waals surface area contributed by atoms with Crippen LogP contribution in [0.25, 0.3) is 0 Å². The molecule has 1 aliphatic rings. The molecule has 0 atom stereocenters. The lowest BCUT2D eigenvalue weighted by Crippen LogP contribution is -2.50. The van der Waals surface area contributed by atoms with Gasteiger partial charge in [0.2, 0.25) is 0 Å². The van der Waals surface area contributed by atoms with Crippen molar-refractivity contribution in [1.29, 1.82) is 0 Å². The molecule has 0 bridgehead atoms. The van der Waals surface area contributed by atoms with Crippen molar-refractivity contribution < 1.29 is 26.7 Å². The second-order valence-corrected chi connectivity index (χ2v) is 4.81. The standard InChI is InChI=1S/C13H13F5N2O/c14-10-2-1-9(7-11(10)15)12(21)20-5-3-19(4-6-20)8-13(16,17)18/h1-2,7H,3-6,8H2. The van der Waals surface area contributed by atoms with E-state index in [-0.39, 0.29) is 31.7 Å². The Morgan fingerprint density at radius 3 is 2.19 bits per heavy atom. The largest absolute Gasteiger partial charge is 0.401 e. The third-order valence-electron chi connectivity index (χ3n) is 3.23. The minimum atomic E-state index is -4.27. The molecule has 1 heterocycles. The van der Waals surface area contributed by atoms with E-state index in [4.69, 9.17) is 0 Å². The van der Waals surface area contributed by atoms with Crippen LogP contribution in [-0.4, -0.2) is 54.6 Å². The van der Waals surface area contributed by atoms with E-state index < -0.39 is 30.3 Å². The maximum atomic E-state index is 13.1. The highest BCUT2D eigenvalue weighted by atomic mass is 19.4. The van der Waals surface area contributed by atoms with Crippen LogP contribution in [0.2, 0.25) is 0 Å². The van der Waals surface area contributed by atoms with Crippen molar-refractivity contribution in [3.05, 3.63) is 35.4 Å². The average Bonchev–Trinajstić information content (AvgIpc) is 2.40. The summed E-state index contributed by atoms with van der Waals surface area (Å²) in [7, 11) is 0. The molecule has 0 aliphatic carbocycles. The first kappa shape index (κ1) is 15.7. The quantitative estimate of drug-likeness (QED) is 0.783. The van der Waals surface area contributed by atoms with Crippen LogP contribution in [0.1, 0.15) is 10.4 Å². The van der Waals surface area contributed by atoms with Crippen LogP contribution < -0.4 is 0 Å². The molecule has 3 nitrogen and oxygen atoms in total. The predicted octanol–water partition coefficient (Wildman–Crippen LogP) is 2.28. The number of carbonyl (C=O) groups excluding carboxylic acids is 1. The van der Waals surface area contributed by atoms with Crippen molar-refractivity contribution in [2.75, 3.05) is 32.7 Å². The number of halogens is 5. The Morgan fingerprint density at radius 1 is 1.05 bits per heavy atom. The predicted molar refractivity (Wildman–Crippen MR) is 64.8 cm³/mol. The van der Waals surface area contributed by atoms with Crippen molar-refractivity contribution in [3.63, 3.8) is 0 Å². The van der Waals surface area contributed by atoms with Gasteiger partial charge in [0.15, 0.2) is 11.6 Å². The van der Waals surface area contributed by atoms with E-state index in [1.54, 1.807) is 0 Å². The summed E-state index contributed by atoms with van der Waals surface area (Å²) >= 11 is 0. The van der Waals surface area contributed by atoms with E-state index in [1.807, 2.05) is 0 Å². The molecule has 0 spiro atoms. The fourth-order valence-electron chi connectivity index (χ4n) is 2.17. The Labute approximate surface area is 117 Å². The number of benzene rings is 1. The van der Waals surface area contributed by atoms with Crippen LogP contribution in [0.3, 0.4) is 0 Å². The van der Waals surface area contributed by atoms with Crippen LogP contribution in [0.4, 0.5) is 22.0 Å². The molecule has 0 aromatic heterocycles. The minimum Gasteiger partial charge on any atom is -0.336 e. The summed E-state index contributed by atoms with van der Waals surface area (Å²) in [4.78, 5) is 14.6. The lowest BCUT2D eigenvalue weighted by molar-refractivity contribution is -0.148. The Hall–Kier alpha value is -1.70. The summed E-state index contributed by atoms with van der Waals surface area (Å²) in [6.45, 7) is -0.591. The summed E-state index contributed by atoms with van der Waals surface area (Å²) < 4.78 is 62.6. The number of rotatable bonds is 2. The molecule has 2 rings (SSSR count). The normalized spacial score (nSPS) is 17.1. The van der Waals surface area contributed by atoms with Crippen molar-refractivity contribution in [2.24, 2.45) is 0 Å². The number of nitrogens with zero attached hydrogens (tertiary/aromatic N) is 2. The van der Waals surface area contributed by atoms with Crippen LogP contribution in [0.5, 0.6) is 0 Å². The highest BCUT2D eigenvalue weighted by molar-refractivity contribution is 5.94. The minimum absolute atomic E-state index is 0.0156. The average molecular weight is 308 g/mol. The molecule has 21 heavy (non-hydrogen) atoms. The van der Waals surface area contributed by atoms with Gasteiger partial charge in [-0.25, -0.2) is 8.78 Å². The topological polar surface area (TPSA) is 23.6 Å². The number of hydrogen-bond acceptors (Lipinski definition) is 2. The summed E-state index contributed by atoms with van der Waals surface area (Å²) in [5.41, 5.74) is -0.0156. The Balaban J connectivity index is 1.95. The number of carbonyl (C=O) groups is 1. The van der Waals surface area contributed by atoms with Gasteiger partial charge in [-0.15, -0.1) is 0 Å². The fraction of sp³-hybridized carbons (Fsp3) is 0.462. The summed E-state index contributed by atoms with van der Waals surface area (Å²) in [6, 6.07) is 2.80. The van der Waals surface area contributed by atoms with Gasteiger partial charge in [0.25, 0.3) is 5.91 Å². The summed E-state index contributed by atoms with van der Waals surface area (Å²) in [5, 5.41) is 0. The van der Waals surface area contributed by atoms with Gasteiger partial charge in [-0.3, -0.25) is 9.69 Å². The molecule has 1 saturated heterocycles. The van der Waals surface area contributed by atoms with E-state index >= 15 is 0 Å². The van der Waals surface area contributed by atoms with Gasteiger partial charge in [-0.2, -0.15) is 13.2 Å². The van der Waals surface area contributed by atoms with Gasteiger partial charge < -0.3 is 4.90 Å². The monoisotopic (exact) mass is 308 g/mol. The highest BCUT2D eigenvalue weighted by Crippen LogP contribution is 2.18. The van der Waals surface area contributed by atoms with Crippen LogP contribution in [-0.2, 0) is 0 Å². The Kier molecular flexibility index (Phi) is 4.46. The Morgan fingerprint density at radius 2 is 1.67 bits per heavy atom. The van der Waals surface area contributed by atoms with Gasteiger partial charge in [-0.1, -0.05) is 0 Å². The number of alkyl halides is 3. The molecule has 1 amide bonds. The second kappa shape index (κ2) is 5.97. The third kappa shape index (κ3) is 4.13. The molecular weight excluding hydrogens is 295 g/mol. The number of piperazine rings is 1. The van der Waals surface area contributed by atoms with E-state index in [0.29, 0.717) is 0 Å². The molecular formula is C13H13F5N2O. The molecule has 0 N–H and O–H groups in total. The van der Waals surface area contributed by atoms with E-state index in [9.17, 15) is 26.7 Å². The second-order valence-electron chi connectivity index (χ2n) is 4.81. The summed E-state index contributed by atoms with van der Waals surface area (Å²) in [5.74, 6) is -2.70. The molecule has 0 radical (unpaired) electrons. The molecule has 0 unspecified atom stereocenters. The zero-order chi connectivity index (χ0) is 15.6. The highest BCUT2D eigenvalue weighted by Gasteiger charge is 2.33. The number of hydrogen-bond donors (Lipinski definition) is 0. The maximum Gasteiger partial charge on any atom is 0.401 e. The van der Waals surface area contributed by atoms with Gasteiger partial charge in [-0.05, 0) is 18.2 Å². The van der Waals surface area contributed by atoms with E-state index in [0.717, 1.165) is 18.2 Å². The van der Waals surface area contributed by atoms with Crippen LogP contribution >= 0.6 is 0 Å². The molecule has 1 aliphatic heterocycles. The molecule has 116 valence electrons. The van der Waals surface area contributed by atoms with Crippen molar-refractivity contribution in [3.8, 4) is 0 Å². The smallest absolute Gasteiger partial charge is 0.336 e. The number of amides is 1. The molecule has 1 fully saturated rings. The van der Waals surface area contributed by atoms with Gasteiger partial charge in [0.05, 0.1) is 6.54 Å². The molecule has 8 heteroatoms. The maximum absolute atomic E-state index is 13.1. The lowest BCUT2D eigenvalue weighted by Gasteiger charge is -2.35. The van der Waals surface area contributed by atoms with Crippen molar-refractivity contribution in [2.45, 2.75) is 6.18 Å². The van der Waals surface area contributed by atoms with Crippen LogP contribution in [0.15, 0.2) is 18.2 Å².